The molecule has 0 saturated heterocycles. The summed E-state index contributed by atoms with van der Waals surface area (Å²) in [6.07, 6.45) is 1.63. The molecule has 0 saturated carbocycles. The first-order valence-corrected chi connectivity index (χ1v) is 11.0. The van der Waals surface area contributed by atoms with Gasteiger partial charge in [0.1, 0.15) is 0 Å². The molecule has 0 unspecified atom stereocenters. The lowest BCUT2D eigenvalue weighted by Crippen LogP contribution is -2.14. The third kappa shape index (κ3) is 4.33. The molecule has 156 valence electrons. The standard InChI is InChI=1S/C22H17ClN4O3S/c1-14-16(10-9-15-11-19-21(24-13-15)25-26-22(19)30-2)5-3-8-20(14)27-31(28,29)18-7-4-6-17(23)12-18/h3-8,11-13,27H,1-2H3,(H,24,25,26). The van der Waals surface area contributed by atoms with Crippen LogP contribution in [0.15, 0.2) is 59.6 Å². The van der Waals surface area contributed by atoms with Crippen LogP contribution in [0.25, 0.3) is 11.0 Å². The Morgan fingerprint density at radius 3 is 2.71 bits per heavy atom. The monoisotopic (exact) mass is 452 g/mol. The molecule has 0 aliphatic heterocycles. The van der Waals surface area contributed by atoms with Gasteiger partial charge in [-0.15, -0.1) is 5.10 Å². The number of rotatable bonds is 4. The lowest BCUT2D eigenvalue weighted by molar-refractivity contribution is 0.401. The number of halogens is 1. The first kappa shape index (κ1) is 20.7. The molecule has 7 nitrogen and oxygen atoms in total. The van der Waals surface area contributed by atoms with Crippen LogP contribution in [-0.4, -0.2) is 30.7 Å². The highest BCUT2D eigenvalue weighted by atomic mass is 35.5. The second kappa shape index (κ2) is 8.30. The lowest BCUT2D eigenvalue weighted by atomic mass is 10.1. The van der Waals surface area contributed by atoms with Crippen LogP contribution >= 0.6 is 11.6 Å². The maximum absolute atomic E-state index is 12.7. The van der Waals surface area contributed by atoms with Gasteiger partial charge in [0.2, 0.25) is 5.88 Å². The van der Waals surface area contributed by atoms with Crippen LogP contribution in [0.3, 0.4) is 0 Å². The summed E-state index contributed by atoms with van der Waals surface area (Å²) in [5.41, 5.74) is 3.12. The van der Waals surface area contributed by atoms with E-state index in [4.69, 9.17) is 16.3 Å². The van der Waals surface area contributed by atoms with Crippen LogP contribution in [0.2, 0.25) is 5.02 Å². The molecule has 0 aliphatic rings. The average molecular weight is 453 g/mol. The Kier molecular flexibility index (Phi) is 5.55. The van der Waals surface area contributed by atoms with E-state index < -0.39 is 10.0 Å². The van der Waals surface area contributed by atoms with Crippen LogP contribution in [0.5, 0.6) is 5.88 Å². The first-order chi connectivity index (χ1) is 14.9. The Bertz CT molecular complexity index is 1450. The van der Waals surface area contributed by atoms with E-state index in [9.17, 15) is 8.42 Å². The van der Waals surface area contributed by atoms with E-state index in [1.165, 1.54) is 19.2 Å². The maximum atomic E-state index is 12.7. The van der Waals surface area contributed by atoms with Gasteiger partial charge in [0.05, 0.1) is 23.1 Å². The molecular weight excluding hydrogens is 436 g/mol. The molecule has 2 N–H and O–H groups in total. The van der Waals surface area contributed by atoms with Crippen molar-refractivity contribution in [3.63, 3.8) is 0 Å². The van der Waals surface area contributed by atoms with Crippen molar-refractivity contribution >= 4 is 38.3 Å². The summed E-state index contributed by atoms with van der Waals surface area (Å²) in [4.78, 5) is 4.38. The van der Waals surface area contributed by atoms with Crippen molar-refractivity contribution in [2.75, 3.05) is 11.8 Å². The molecule has 2 aromatic heterocycles. The highest BCUT2D eigenvalue weighted by Crippen LogP contribution is 2.24. The third-order valence-electron chi connectivity index (χ3n) is 4.60. The van der Waals surface area contributed by atoms with Gasteiger partial charge in [-0.05, 0) is 48.9 Å². The fourth-order valence-electron chi connectivity index (χ4n) is 2.96. The van der Waals surface area contributed by atoms with Crippen LogP contribution in [0.1, 0.15) is 16.7 Å². The number of H-pyrrole nitrogens is 1. The highest BCUT2D eigenvalue weighted by Gasteiger charge is 2.16. The predicted octanol–water partition coefficient (Wildman–Crippen LogP) is 4.13. The zero-order valence-electron chi connectivity index (χ0n) is 16.6. The van der Waals surface area contributed by atoms with Gasteiger partial charge in [-0.2, -0.15) is 0 Å². The summed E-state index contributed by atoms with van der Waals surface area (Å²) >= 11 is 5.93. The van der Waals surface area contributed by atoms with Crippen LogP contribution in [-0.2, 0) is 10.0 Å². The number of nitrogens with one attached hydrogen (secondary N) is 2. The number of anilines is 1. The van der Waals surface area contributed by atoms with Crippen molar-refractivity contribution < 1.29 is 13.2 Å². The van der Waals surface area contributed by atoms with Crippen molar-refractivity contribution in [1.29, 1.82) is 0 Å². The number of nitrogens with zero attached hydrogens (tertiary/aromatic N) is 2. The number of methoxy groups -OCH3 is 1. The van der Waals surface area contributed by atoms with Crippen molar-refractivity contribution in [2.24, 2.45) is 0 Å². The van der Waals surface area contributed by atoms with Crippen LogP contribution in [0.4, 0.5) is 5.69 Å². The van der Waals surface area contributed by atoms with E-state index >= 15 is 0 Å². The second-order valence-electron chi connectivity index (χ2n) is 6.64. The molecule has 9 heteroatoms. The van der Waals surface area contributed by atoms with Crippen molar-refractivity contribution in [3.8, 4) is 17.7 Å². The van der Waals surface area contributed by atoms with Gasteiger partial charge < -0.3 is 4.74 Å². The lowest BCUT2D eigenvalue weighted by Gasteiger charge is -2.12. The van der Waals surface area contributed by atoms with E-state index in [0.717, 1.165) is 5.39 Å². The van der Waals surface area contributed by atoms with Crippen LogP contribution < -0.4 is 9.46 Å². The molecule has 4 aromatic rings. The van der Waals surface area contributed by atoms with Gasteiger partial charge in [-0.25, -0.2) is 13.4 Å². The Hall–Kier alpha value is -3.54. The molecule has 0 atom stereocenters. The number of aromatic nitrogens is 3. The number of pyridine rings is 1. The zero-order chi connectivity index (χ0) is 22.0. The summed E-state index contributed by atoms with van der Waals surface area (Å²) in [7, 11) is -2.25. The molecule has 0 amide bonds. The molecule has 4 rings (SSSR count). The van der Waals surface area contributed by atoms with Gasteiger partial charge in [-0.3, -0.25) is 9.82 Å². The van der Waals surface area contributed by atoms with Crippen molar-refractivity contribution in [3.05, 3.63) is 76.4 Å². The molecule has 0 aliphatic carbocycles. The SMILES string of the molecule is COc1n[nH]c2ncc(C#Cc3cccc(NS(=O)(=O)c4cccc(Cl)c4)c3C)cc12. The minimum absolute atomic E-state index is 0.0873. The zero-order valence-corrected chi connectivity index (χ0v) is 18.2. The van der Waals surface area contributed by atoms with Crippen molar-refractivity contribution in [2.45, 2.75) is 11.8 Å². The number of fused-ring (bicyclic) bond motifs is 1. The Balaban J connectivity index is 1.65. The summed E-state index contributed by atoms with van der Waals surface area (Å²) in [6, 6.07) is 13.2. The van der Waals surface area contributed by atoms with E-state index in [2.05, 4.69) is 31.7 Å². The fraction of sp³-hybridized carbons (Fsp3) is 0.0909. The fourth-order valence-corrected chi connectivity index (χ4v) is 4.39. The number of hydrogen-bond donors (Lipinski definition) is 2. The molecule has 2 heterocycles. The Labute approximate surface area is 184 Å². The second-order valence-corrected chi connectivity index (χ2v) is 8.76. The molecule has 2 aromatic carbocycles. The third-order valence-corrected chi connectivity index (χ3v) is 6.20. The maximum Gasteiger partial charge on any atom is 0.261 e. The van der Waals surface area contributed by atoms with E-state index in [1.807, 2.05) is 12.1 Å². The summed E-state index contributed by atoms with van der Waals surface area (Å²) in [5.74, 6) is 6.59. The largest absolute Gasteiger partial charge is 0.479 e. The molecule has 31 heavy (non-hydrogen) atoms. The molecule has 0 radical (unpaired) electrons. The van der Waals surface area contributed by atoms with E-state index in [1.54, 1.807) is 37.4 Å². The van der Waals surface area contributed by atoms with E-state index in [-0.39, 0.29) is 4.90 Å². The number of ether oxygens (including phenoxy) is 1. The number of sulfonamides is 1. The molecule has 0 fully saturated rings. The molecule has 0 spiro atoms. The minimum Gasteiger partial charge on any atom is -0.479 e. The van der Waals surface area contributed by atoms with Crippen LogP contribution in [0, 0.1) is 18.8 Å². The molecule has 0 bridgehead atoms. The quantitative estimate of drug-likeness (QED) is 0.454. The van der Waals surface area contributed by atoms with Crippen molar-refractivity contribution in [1.82, 2.24) is 15.2 Å². The van der Waals surface area contributed by atoms with Gasteiger partial charge in [0.15, 0.2) is 5.65 Å². The minimum atomic E-state index is -3.78. The average Bonchev–Trinajstić information content (AvgIpc) is 3.16. The number of benzene rings is 2. The van der Waals surface area contributed by atoms with E-state index in [0.29, 0.717) is 38.9 Å². The summed E-state index contributed by atoms with van der Waals surface area (Å²) in [5, 5.41) is 7.90. The topological polar surface area (TPSA) is 97.0 Å². The summed E-state index contributed by atoms with van der Waals surface area (Å²) in [6.45, 7) is 1.81. The predicted molar refractivity (Wildman–Crippen MR) is 120 cm³/mol. The smallest absolute Gasteiger partial charge is 0.261 e. The number of aromatic amines is 1. The van der Waals surface area contributed by atoms with Gasteiger partial charge in [0, 0.05) is 22.3 Å². The summed E-state index contributed by atoms with van der Waals surface area (Å²) < 4.78 is 33.3. The van der Waals surface area contributed by atoms with Gasteiger partial charge in [-0.1, -0.05) is 35.6 Å². The van der Waals surface area contributed by atoms with Gasteiger partial charge >= 0.3 is 0 Å². The first-order valence-electron chi connectivity index (χ1n) is 9.15. The van der Waals surface area contributed by atoms with Gasteiger partial charge in [0.25, 0.3) is 10.0 Å². The highest BCUT2D eigenvalue weighted by molar-refractivity contribution is 7.92. The Morgan fingerprint density at radius 1 is 1.13 bits per heavy atom. The molecular formula is C22H17ClN4O3S. The number of hydrogen-bond acceptors (Lipinski definition) is 5. The Morgan fingerprint density at radius 2 is 1.94 bits per heavy atom. The normalized spacial score (nSPS) is 11.1.